The van der Waals surface area contributed by atoms with Crippen LogP contribution in [0.2, 0.25) is 0 Å². The summed E-state index contributed by atoms with van der Waals surface area (Å²) in [5, 5.41) is 3.64. The summed E-state index contributed by atoms with van der Waals surface area (Å²) in [6.07, 6.45) is 6.88. The van der Waals surface area contributed by atoms with E-state index in [0.29, 0.717) is 5.41 Å². The highest BCUT2D eigenvalue weighted by Gasteiger charge is 2.26. The van der Waals surface area contributed by atoms with Crippen LogP contribution in [0.5, 0.6) is 0 Å². The lowest BCUT2D eigenvalue weighted by Crippen LogP contribution is -2.32. The normalized spacial score (nSPS) is 19.7. The predicted molar refractivity (Wildman–Crippen MR) is 63.5 cm³/mol. The van der Waals surface area contributed by atoms with Crippen molar-refractivity contribution >= 4 is 0 Å². The Hall–Kier alpha value is -0.0400. The van der Waals surface area contributed by atoms with Gasteiger partial charge in [0.15, 0.2) is 0 Å². The molecule has 0 spiro atoms. The highest BCUT2D eigenvalue weighted by Crippen LogP contribution is 2.28. The minimum Gasteiger partial charge on any atom is -0.313 e. The molecule has 14 heavy (non-hydrogen) atoms. The Balaban J connectivity index is 2.16. The summed E-state index contributed by atoms with van der Waals surface area (Å²) >= 11 is 0. The Bertz CT molecular complexity index is 159. The summed E-state index contributed by atoms with van der Waals surface area (Å²) < 4.78 is 0. The summed E-state index contributed by atoms with van der Waals surface area (Å²) in [6, 6.07) is 0.857. The maximum absolute atomic E-state index is 3.64. The van der Waals surface area contributed by atoms with Crippen LogP contribution >= 0.6 is 0 Å². The summed E-state index contributed by atoms with van der Waals surface area (Å²) in [6.45, 7) is 10.7. The van der Waals surface area contributed by atoms with Crippen LogP contribution in [0.15, 0.2) is 0 Å². The first-order valence-electron chi connectivity index (χ1n) is 6.27. The lowest BCUT2D eigenvalue weighted by atomic mass is 9.82. The smallest absolute Gasteiger partial charge is 0.00684 e. The Kier molecular flexibility index (Phi) is 4.43. The van der Waals surface area contributed by atoms with Crippen LogP contribution in [0.3, 0.4) is 0 Å². The predicted octanol–water partition coefficient (Wildman–Crippen LogP) is 3.59. The van der Waals surface area contributed by atoms with Gasteiger partial charge in [-0.25, -0.2) is 0 Å². The third kappa shape index (κ3) is 4.99. The molecule has 0 aromatic carbocycles. The highest BCUT2D eigenvalue weighted by atomic mass is 15.0. The van der Waals surface area contributed by atoms with Gasteiger partial charge < -0.3 is 5.32 Å². The van der Waals surface area contributed by atoms with Crippen molar-refractivity contribution in [2.75, 3.05) is 6.54 Å². The van der Waals surface area contributed by atoms with Gasteiger partial charge in [-0.05, 0) is 30.6 Å². The van der Waals surface area contributed by atoms with Crippen molar-refractivity contribution in [3.8, 4) is 0 Å². The van der Waals surface area contributed by atoms with Crippen LogP contribution in [-0.4, -0.2) is 12.6 Å². The van der Waals surface area contributed by atoms with Gasteiger partial charge in [-0.3, -0.25) is 0 Å². The second kappa shape index (κ2) is 5.16. The maximum Gasteiger partial charge on any atom is 0.00684 e. The summed E-state index contributed by atoms with van der Waals surface area (Å²) in [5.41, 5.74) is 0.483. The van der Waals surface area contributed by atoms with Crippen LogP contribution in [0, 0.1) is 11.3 Å². The van der Waals surface area contributed by atoms with E-state index in [-0.39, 0.29) is 0 Å². The van der Waals surface area contributed by atoms with Gasteiger partial charge in [0.1, 0.15) is 0 Å². The minimum absolute atomic E-state index is 0.483. The van der Waals surface area contributed by atoms with Crippen LogP contribution < -0.4 is 5.32 Å². The van der Waals surface area contributed by atoms with Crippen molar-refractivity contribution < 1.29 is 0 Å². The SMILES string of the molecule is CCCC(C)CC(C)(C)CNC1CC1. The van der Waals surface area contributed by atoms with Crippen molar-refractivity contribution in [3.05, 3.63) is 0 Å². The lowest BCUT2D eigenvalue weighted by molar-refractivity contribution is 0.255. The van der Waals surface area contributed by atoms with E-state index in [4.69, 9.17) is 0 Å². The molecule has 1 atom stereocenters. The van der Waals surface area contributed by atoms with Gasteiger partial charge in [0.25, 0.3) is 0 Å². The van der Waals surface area contributed by atoms with Crippen LogP contribution in [0.1, 0.15) is 59.8 Å². The van der Waals surface area contributed by atoms with E-state index in [1.807, 2.05) is 0 Å². The zero-order valence-electron chi connectivity index (χ0n) is 10.4. The Morgan fingerprint density at radius 3 is 2.50 bits per heavy atom. The van der Waals surface area contributed by atoms with E-state index >= 15 is 0 Å². The van der Waals surface area contributed by atoms with Crippen molar-refractivity contribution in [2.45, 2.75) is 65.8 Å². The molecule has 1 nitrogen and oxygen atoms in total. The summed E-state index contributed by atoms with van der Waals surface area (Å²) in [4.78, 5) is 0. The molecule has 1 unspecified atom stereocenters. The zero-order valence-corrected chi connectivity index (χ0v) is 10.4. The molecule has 0 aromatic heterocycles. The fraction of sp³-hybridized carbons (Fsp3) is 1.00. The average Bonchev–Trinajstić information content (AvgIpc) is 2.83. The van der Waals surface area contributed by atoms with Gasteiger partial charge in [0.2, 0.25) is 0 Å². The van der Waals surface area contributed by atoms with Crippen molar-refractivity contribution in [2.24, 2.45) is 11.3 Å². The first-order valence-corrected chi connectivity index (χ1v) is 6.27. The number of hydrogen-bond acceptors (Lipinski definition) is 1. The van der Waals surface area contributed by atoms with Crippen LogP contribution in [0.4, 0.5) is 0 Å². The van der Waals surface area contributed by atoms with Crippen molar-refractivity contribution in [1.82, 2.24) is 5.32 Å². The topological polar surface area (TPSA) is 12.0 Å². The number of rotatable bonds is 7. The molecule has 1 rings (SSSR count). The maximum atomic E-state index is 3.64. The van der Waals surface area contributed by atoms with Gasteiger partial charge >= 0.3 is 0 Å². The quantitative estimate of drug-likeness (QED) is 0.657. The van der Waals surface area contributed by atoms with E-state index in [1.54, 1.807) is 0 Å². The molecule has 0 aromatic rings. The van der Waals surface area contributed by atoms with E-state index in [1.165, 1.54) is 38.6 Å². The minimum atomic E-state index is 0.483. The highest BCUT2D eigenvalue weighted by molar-refractivity contribution is 4.84. The molecule has 1 aliphatic carbocycles. The van der Waals surface area contributed by atoms with Gasteiger partial charge in [0, 0.05) is 12.6 Å². The molecule has 0 amide bonds. The second-order valence-corrected chi connectivity index (χ2v) is 5.92. The summed E-state index contributed by atoms with van der Waals surface area (Å²) in [7, 11) is 0. The molecule has 1 heteroatoms. The Morgan fingerprint density at radius 1 is 1.36 bits per heavy atom. The lowest BCUT2D eigenvalue weighted by Gasteiger charge is -2.28. The zero-order chi connectivity index (χ0) is 10.6. The standard InChI is InChI=1S/C13H27N/c1-5-6-11(2)9-13(3,4)10-14-12-7-8-12/h11-12,14H,5-10H2,1-4H3. The second-order valence-electron chi connectivity index (χ2n) is 5.92. The van der Waals surface area contributed by atoms with Gasteiger partial charge in [0.05, 0.1) is 0 Å². The molecule has 1 saturated carbocycles. The number of hydrogen-bond donors (Lipinski definition) is 1. The molecule has 1 fully saturated rings. The molecule has 0 saturated heterocycles. The molecular formula is C13H27N. The van der Waals surface area contributed by atoms with E-state index in [2.05, 4.69) is 33.0 Å². The molecule has 1 N–H and O–H groups in total. The van der Waals surface area contributed by atoms with Crippen LogP contribution in [-0.2, 0) is 0 Å². The molecule has 0 radical (unpaired) electrons. The first kappa shape index (κ1) is 12.0. The molecule has 0 bridgehead atoms. The molecule has 0 heterocycles. The molecule has 84 valence electrons. The van der Waals surface area contributed by atoms with E-state index in [9.17, 15) is 0 Å². The monoisotopic (exact) mass is 197 g/mol. The molecular weight excluding hydrogens is 170 g/mol. The fourth-order valence-electron chi connectivity index (χ4n) is 2.32. The Labute approximate surface area is 89.7 Å². The Morgan fingerprint density at radius 2 is 2.00 bits per heavy atom. The third-order valence-electron chi connectivity index (χ3n) is 3.13. The van der Waals surface area contributed by atoms with Gasteiger partial charge in [-0.2, -0.15) is 0 Å². The third-order valence-corrected chi connectivity index (χ3v) is 3.13. The van der Waals surface area contributed by atoms with E-state index in [0.717, 1.165) is 12.0 Å². The molecule has 0 aliphatic heterocycles. The number of nitrogens with one attached hydrogen (secondary N) is 1. The van der Waals surface area contributed by atoms with Crippen molar-refractivity contribution in [3.63, 3.8) is 0 Å². The first-order chi connectivity index (χ1) is 6.53. The van der Waals surface area contributed by atoms with Gasteiger partial charge in [-0.1, -0.05) is 40.5 Å². The van der Waals surface area contributed by atoms with Crippen molar-refractivity contribution in [1.29, 1.82) is 0 Å². The van der Waals surface area contributed by atoms with Crippen LogP contribution in [0.25, 0.3) is 0 Å². The average molecular weight is 197 g/mol. The largest absolute Gasteiger partial charge is 0.313 e. The summed E-state index contributed by atoms with van der Waals surface area (Å²) in [5.74, 6) is 0.885. The van der Waals surface area contributed by atoms with E-state index < -0.39 is 0 Å². The molecule has 1 aliphatic rings. The fourth-order valence-corrected chi connectivity index (χ4v) is 2.32. The van der Waals surface area contributed by atoms with Gasteiger partial charge in [-0.15, -0.1) is 0 Å².